The first-order valence-corrected chi connectivity index (χ1v) is 4.85. The smallest absolute Gasteiger partial charge is 0.122 e. The van der Waals surface area contributed by atoms with Crippen molar-refractivity contribution in [3.63, 3.8) is 0 Å². The highest BCUT2D eigenvalue weighted by Crippen LogP contribution is 2.26. The Balaban J connectivity index is 2.99. The summed E-state index contributed by atoms with van der Waals surface area (Å²) >= 11 is 0. The summed E-state index contributed by atoms with van der Waals surface area (Å²) in [6.45, 7) is -0.309. The summed E-state index contributed by atoms with van der Waals surface area (Å²) in [7, 11) is 3.10. The van der Waals surface area contributed by atoms with Gasteiger partial charge < -0.3 is 14.6 Å². The second-order valence-corrected chi connectivity index (χ2v) is 3.28. The molecule has 1 aromatic rings. The first-order valence-electron chi connectivity index (χ1n) is 4.85. The molecular formula is C12H15FO3. The van der Waals surface area contributed by atoms with Crippen LogP contribution in [-0.4, -0.2) is 25.9 Å². The molecule has 0 aliphatic carbocycles. The van der Waals surface area contributed by atoms with E-state index in [1.54, 1.807) is 32.4 Å². The van der Waals surface area contributed by atoms with Crippen LogP contribution in [0.4, 0.5) is 4.39 Å². The summed E-state index contributed by atoms with van der Waals surface area (Å²) in [6, 6.07) is 5.28. The second-order valence-electron chi connectivity index (χ2n) is 3.28. The van der Waals surface area contributed by atoms with Crippen LogP contribution in [0.5, 0.6) is 11.5 Å². The molecule has 1 aromatic carbocycles. The van der Waals surface area contributed by atoms with Crippen molar-refractivity contribution in [2.24, 2.45) is 0 Å². The average molecular weight is 226 g/mol. The van der Waals surface area contributed by atoms with Gasteiger partial charge in [0.1, 0.15) is 11.5 Å². The van der Waals surface area contributed by atoms with Crippen molar-refractivity contribution < 1.29 is 19.0 Å². The monoisotopic (exact) mass is 226 g/mol. The van der Waals surface area contributed by atoms with Crippen LogP contribution in [0.2, 0.25) is 0 Å². The summed E-state index contributed by atoms with van der Waals surface area (Å²) in [5.74, 6) is 1.32. The second kappa shape index (κ2) is 6.12. The Kier molecular flexibility index (Phi) is 4.79. The molecule has 0 aromatic heterocycles. The van der Waals surface area contributed by atoms with Crippen LogP contribution >= 0.6 is 0 Å². The molecule has 0 unspecified atom stereocenters. The van der Waals surface area contributed by atoms with Crippen molar-refractivity contribution in [3.05, 3.63) is 35.7 Å². The summed E-state index contributed by atoms with van der Waals surface area (Å²) in [5, 5.41) is 8.90. The van der Waals surface area contributed by atoms with Crippen LogP contribution in [-0.2, 0) is 6.42 Å². The lowest BCUT2D eigenvalue weighted by atomic mass is 10.1. The van der Waals surface area contributed by atoms with Crippen molar-refractivity contribution in [2.45, 2.75) is 6.42 Å². The molecule has 0 saturated carbocycles. The Morgan fingerprint density at radius 3 is 2.62 bits per heavy atom. The van der Waals surface area contributed by atoms with Crippen LogP contribution < -0.4 is 9.47 Å². The van der Waals surface area contributed by atoms with E-state index in [1.165, 1.54) is 0 Å². The van der Waals surface area contributed by atoms with E-state index in [9.17, 15) is 4.39 Å². The van der Waals surface area contributed by atoms with Gasteiger partial charge in [-0.1, -0.05) is 0 Å². The Morgan fingerprint density at radius 2 is 2.12 bits per heavy atom. The van der Waals surface area contributed by atoms with Gasteiger partial charge in [0.15, 0.2) is 0 Å². The van der Waals surface area contributed by atoms with Crippen molar-refractivity contribution in [1.82, 2.24) is 0 Å². The van der Waals surface area contributed by atoms with E-state index < -0.39 is 0 Å². The average Bonchev–Trinajstić information content (AvgIpc) is 2.35. The fraction of sp³-hybridized carbons (Fsp3) is 0.333. The zero-order chi connectivity index (χ0) is 12.0. The number of methoxy groups -OCH3 is 2. The molecule has 3 nitrogen and oxygen atoms in total. The lowest BCUT2D eigenvalue weighted by Crippen LogP contribution is -1.99. The number of halogens is 1. The molecule has 1 rings (SSSR count). The van der Waals surface area contributed by atoms with Gasteiger partial charge in [0.05, 0.1) is 27.2 Å². The van der Waals surface area contributed by atoms with E-state index >= 15 is 0 Å². The Morgan fingerprint density at radius 1 is 1.38 bits per heavy atom. The summed E-state index contributed by atoms with van der Waals surface area (Å²) in [5.41, 5.74) is 1.08. The van der Waals surface area contributed by atoms with Crippen LogP contribution in [0.15, 0.2) is 30.1 Å². The van der Waals surface area contributed by atoms with Crippen molar-refractivity contribution in [1.29, 1.82) is 0 Å². The van der Waals surface area contributed by atoms with Gasteiger partial charge in [0.2, 0.25) is 0 Å². The molecule has 16 heavy (non-hydrogen) atoms. The number of hydrogen-bond acceptors (Lipinski definition) is 3. The highest BCUT2D eigenvalue weighted by Gasteiger charge is 2.07. The van der Waals surface area contributed by atoms with Gasteiger partial charge in [-0.25, -0.2) is 4.39 Å². The maximum Gasteiger partial charge on any atom is 0.122 e. The van der Waals surface area contributed by atoms with Crippen LogP contribution in [0.3, 0.4) is 0 Å². The van der Waals surface area contributed by atoms with Gasteiger partial charge >= 0.3 is 0 Å². The molecule has 4 heteroatoms. The summed E-state index contributed by atoms with van der Waals surface area (Å²) < 4.78 is 22.6. The van der Waals surface area contributed by atoms with Gasteiger partial charge in [-0.2, -0.15) is 0 Å². The maximum atomic E-state index is 12.4. The minimum Gasteiger partial charge on any atom is -0.497 e. The number of ether oxygens (including phenoxy) is 2. The SMILES string of the molecule is COc1ccc(OC)c(CC(=CF)CO)c1. The summed E-state index contributed by atoms with van der Waals surface area (Å²) in [6.07, 6.45) is 0.715. The number of aliphatic hydroxyl groups excluding tert-OH is 1. The number of rotatable bonds is 5. The number of aliphatic hydroxyl groups is 1. The van der Waals surface area contributed by atoms with Gasteiger partial charge in [-0.05, 0) is 23.8 Å². The lowest BCUT2D eigenvalue weighted by Gasteiger charge is -2.10. The molecule has 0 heterocycles. The van der Waals surface area contributed by atoms with E-state index in [-0.39, 0.29) is 6.61 Å². The number of hydrogen-bond donors (Lipinski definition) is 1. The Hall–Kier alpha value is -1.55. The molecule has 0 atom stereocenters. The predicted octanol–water partition coefficient (Wildman–Crippen LogP) is 2.09. The van der Waals surface area contributed by atoms with Gasteiger partial charge in [0, 0.05) is 12.0 Å². The minimum atomic E-state index is -0.309. The molecule has 0 amide bonds. The van der Waals surface area contributed by atoms with E-state index in [0.717, 1.165) is 5.56 Å². The fourth-order valence-corrected chi connectivity index (χ4v) is 1.39. The third-order valence-electron chi connectivity index (χ3n) is 2.26. The van der Waals surface area contributed by atoms with Crippen molar-refractivity contribution in [2.75, 3.05) is 20.8 Å². The van der Waals surface area contributed by atoms with Crippen LogP contribution in [0, 0.1) is 0 Å². The molecular weight excluding hydrogens is 211 g/mol. The first kappa shape index (κ1) is 12.5. The van der Waals surface area contributed by atoms with Crippen molar-refractivity contribution >= 4 is 0 Å². The lowest BCUT2D eigenvalue weighted by molar-refractivity contribution is 0.325. The normalized spacial score (nSPS) is 11.4. The molecule has 0 aliphatic rings. The number of benzene rings is 1. The van der Waals surface area contributed by atoms with E-state index in [2.05, 4.69) is 0 Å². The predicted molar refractivity (Wildman–Crippen MR) is 59.5 cm³/mol. The largest absolute Gasteiger partial charge is 0.497 e. The first-order chi connectivity index (χ1) is 7.74. The molecule has 0 spiro atoms. The Labute approximate surface area is 94.1 Å². The van der Waals surface area contributed by atoms with Gasteiger partial charge in [-0.15, -0.1) is 0 Å². The zero-order valence-corrected chi connectivity index (χ0v) is 9.37. The highest BCUT2D eigenvalue weighted by atomic mass is 19.1. The topological polar surface area (TPSA) is 38.7 Å². The molecule has 88 valence electrons. The molecule has 0 bridgehead atoms. The van der Waals surface area contributed by atoms with E-state index in [4.69, 9.17) is 14.6 Å². The third kappa shape index (κ3) is 2.97. The molecule has 0 saturated heterocycles. The zero-order valence-electron chi connectivity index (χ0n) is 9.37. The van der Waals surface area contributed by atoms with E-state index in [0.29, 0.717) is 29.8 Å². The third-order valence-corrected chi connectivity index (χ3v) is 2.26. The molecule has 0 aliphatic heterocycles. The van der Waals surface area contributed by atoms with Gasteiger partial charge in [0.25, 0.3) is 0 Å². The minimum absolute atomic E-state index is 0.298. The molecule has 0 radical (unpaired) electrons. The van der Waals surface area contributed by atoms with Crippen LogP contribution in [0.25, 0.3) is 0 Å². The summed E-state index contributed by atoms with van der Waals surface area (Å²) in [4.78, 5) is 0. The fourth-order valence-electron chi connectivity index (χ4n) is 1.39. The Bertz CT molecular complexity index is 375. The molecule has 1 N–H and O–H groups in total. The van der Waals surface area contributed by atoms with Crippen LogP contribution in [0.1, 0.15) is 5.56 Å². The van der Waals surface area contributed by atoms with E-state index in [1.807, 2.05) is 0 Å². The van der Waals surface area contributed by atoms with Crippen molar-refractivity contribution in [3.8, 4) is 11.5 Å². The maximum absolute atomic E-state index is 12.4. The molecule has 0 fully saturated rings. The quantitative estimate of drug-likeness (QED) is 0.835. The highest BCUT2D eigenvalue weighted by molar-refractivity contribution is 5.42. The van der Waals surface area contributed by atoms with Gasteiger partial charge in [-0.3, -0.25) is 0 Å². The standard InChI is InChI=1S/C12H15FO3/c1-15-11-3-4-12(16-2)10(6-11)5-9(7-13)8-14/h3-4,6-7,14H,5,8H2,1-2H3.